The van der Waals surface area contributed by atoms with Gasteiger partial charge in [0.15, 0.2) is 0 Å². The molecule has 2 atom stereocenters. The number of carbonyl (C=O) groups is 2. The Morgan fingerprint density at radius 2 is 2.10 bits per heavy atom. The summed E-state index contributed by atoms with van der Waals surface area (Å²) in [6.07, 6.45) is 0.796. The first-order valence-electron chi connectivity index (χ1n) is 7.00. The maximum atomic E-state index is 11.9. The molecule has 3 N–H and O–H groups in total. The fourth-order valence-corrected chi connectivity index (χ4v) is 2.46. The molecule has 114 valence electrons. The van der Waals surface area contributed by atoms with Gasteiger partial charge in [0.2, 0.25) is 0 Å². The van der Waals surface area contributed by atoms with Gasteiger partial charge in [0.05, 0.1) is 0 Å². The van der Waals surface area contributed by atoms with Crippen LogP contribution in [0, 0.1) is 5.92 Å². The maximum Gasteiger partial charge on any atom is 0.410 e. The number of carboxylic acid groups (broad SMARTS) is 1. The Bertz CT molecular complexity index is 492. The third kappa shape index (κ3) is 4.46. The molecule has 0 bridgehead atoms. The van der Waals surface area contributed by atoms with Crippen molar-refractivity contribution in [2.45, 2.75) is 25.5 Å². The van der Waals surface area contributed by atoms with E-state index in [-0.39, 0.29) is 18.6 Å². The summed E-state index contributed by atoms with van der Waals surface area (Å²) in [6.45, 7) is 1.34. The van der Waals surface area contributed by atoms with Crippen molar-refractivity contribution in [3.8, 4) is 0 Å². The average molecular weight is 292 g/mol. The number of benzene rings is 1. The number of aliphatic carboxylic acids is 1. The highest BCUT2D eigenvalue weighted by molar-refractivity contribution is 5.73. The van der Waals surface area contributed by atoms with Crippen LogP contribution in [0.1, 0.15) is 18.4 Å². The fraction of sp³-hybridized carbons (Fsp3) is 0.467. The van der Waals surface area contributed by atoms with E-state index in [2.05, 4.69) is 0 Å². The lowest BCUT2D eigenvalue weighted by molar-refractivity contribution is -0.138. The van der Waals surface area contributed by atoms with Crippen molar-refractivity contribution < 1.29 is 19.4 Å². The van der Waals surface area contributed by atoms with Gasteiger partial charge in [-0.15, -0.1) is 0 Å². The molecule has 21 heavy (non-hydrogen) atoms. The standard InChI is InChI=1S/C15H20N2O4/c16-13(14(18)19)8-12-6-7-17(9-12)15(20)21-10-11-4-2-1-3-5-11/h1-5,12-13H,6-10,16H2,(H,18,19)/t12-,13+/m0/s1. The molecular formula is C15H20N2O4. The van der Waals surface area contributed by atoms with Crippen LogP contribution >= 0.6 is 0 Å². The molecule has 0 aromatic heterocycles. The van der Waals surface area contributed by atoms with Gasteiger partial charge in [-0.1, -0.05) is 30.3 Å². The Balaban J connectivity index is 1.76. The van der Waals surface area contributed by atoms with Crippen molar-refractivity contribution in [3.05, 3.63) is 35.9 Å². The second-order valence-corrected chi connectivity index (χ2v) is 5.32. The van der Waals surface area contributed by atoms with Crippen LogP contribution in [0.2, 0.25) is 0 Å². The van der Waals surface area contributed by atoms with Gasteiger partial charge < -0.3 is 20.5 Å². The Morgan fingerprint density at radius 3 is 2.76 bits per heavy atom. The first-order chi connectivity index (χ1) is 10.1. The predicted octanol–water partition coefficient (Wildman–Crippen LogP) is 1.45. The molecule has 0 aliphatic carbocycles. The zero-order chi connectivity index (χ0) is 15.2. The van der Waals surface area contributed by atoms with Crippen LogP contribution in [0.4, 0.5) is 4.79 Å². The average Bonchev–Trinajstić information content (AvgIpc) is 2.94. The predicted molar refractivity (Wildman–Crippen MR) is 76.5 cm³/mol. The van der Waals surface area contributed by atoms with Gasteiger partial charge >= 0.3 is 12.1 Å². The zero-order valence-corrected chi connectivity index (χ0v) is 11.8. The minimum absolute atomic E-state index is 0.125. The molecule has 0 unspecified atom stereocenters. The third-order valence-corrected chi connectivity index (χ3v) is 3.65. The summed E-state index contributed by atoms with van der Waals surface area (Å²) in [5, 5.41) is 8.80. The first-order valence-corrected chi connectivity index (χ1v) is 7.00. The van der Waals surface area contributed by atoms with Crippen LogP contribution in [0.5, 0.6) is 0 Å². The normalized spacial score (nSPS) is 19.3. The zero-order valence-electron chi connectivity index (χ0n) is 11.8. The van der Waals surface area contributed by atoms with Crippen LogP contribution in [-0.4, -0.2) is 41.2 Å². The number of nitrogens with zero attached hydrogens (tertiary/aromatic N) is 1. The van der Waals surface area contributed by atoms with Crippen LogP contribution in [0.15, 0.2) is 30.3 Å². The van der Waals surface area contributed by atoms with Gasteiger partial charge in [-0.25, -0.2) is 4.79 Å². The fourth-order valence-electron chi connectivity index (χ4n) is 2.46. The Labute approximate surface area is 123 Å². The number of amides is 1. The molecule has 1 amide bonds. The lowest BCUT2D eigenvalue weighted by Crippen LogP contribution is -2.34. The molecule has 1 saturated heterocycles. The minimum atomic E-state index is -1.000. The van der Waals surface area contributed by atoms with E-state index in [0.29, 0.717) is 19.5 Å². The second kappa shape index (κ2) is 7.08. The quantitative estimate of drug-likeness (QED) is 0.856. The highest BCUT2D eigenvalue weighted by atomic mass is 16.6. The SMILES string of the molecule is N[C@H](C[C@@H]1CCN(C(=O)OCc2ccccc2)C1)C(=O)O. The molecule has 2 rings (SSSR count). The van der Waals surface area contributed by atoms with Crippen molar-refractivity contribution in [3.63, 3.8) is 0 Å². The van der Waals surface area contributed by atoms with Crippen molar-refractivity contribution in [2.24, 2.45) is 11.7 Å². The van der Waals surface area contributed by atoms with E-state index in [0.717, 1.165) is 12.0 Å². The molecule has 1 aliphatic rings. The largest absolute Gasteiger partial charge is 0.480 e. The van der Waals surface area contributed by atoms with Gasteiger partial charge in [0, 0.05) is 13.1 Å². The number of nitrogens with two attached hydrogens (primary N) is 1. The monoisotopic (exact) mass is 292 g/mol. The van der Waals surface area contributed by atoms with E-state index in [4.69, 9.17) is 15.6 Å². The molecule has 6 heteroatoms. The summed E-state index contributed by atoms with van der Waals surface area (Å²) >= 11 is 0. The van der Waals surface area contributed by atoms with E-state index >= 15 is 0 Å². The minimum Gasteiger partial charge on any atom is -0.480 e. The highest BCUT2D eigenvalue weighted by Crippen LogP contribution is 2.21. The van der Waals surface area contributed by atoms with Crippen LogP contribution in [-0.2, 0) is 16.1 Å². The van der Waals surface area contributed by atoms with E-state index in [1.807, 2.05) is 30.3 Å². The topological polar surface area (TPSA) is 92.9 Å². The molecule has 1 fully saturated rings. The lowest BCUT2D eigenvalue weighted by atomic mass is 10.00. The van der Waals surface area contributed by atoms with Crippen molar-refractivity contribution in [1.82, 2.24) is 4.90 Å². The number of rotatable bonds is 5. The molecule has 1 aromatic rings. The number of likely N-dealkylation sites (tertiary alicyclic amines) is 1. The van der Waals surface area contributed by atoms with E-state index in [1.165, 1.54) is 0 Å². The van der Waals surface area contributed by atoms with E-state index in [9.17, 15) is 9.59 Å². The Morgan fingerprint density at radius 1 is 1.38 bits per heavy atom. The molecule has 1 aliphatic heterocycles. The summed E-state index contributed by atoms with van der Waals surface area (Å²) < 4.78 is 5.25. The number of hydrogen-bond acceptors (Lipinski definition) is 4. The summed E-state index contributed by atoms with van der Waals surface area (Å²) in [6, 6.07) is 8.61. The Kier molecular flexibility index (Phi) is 5.16. The first kappa shape index (κ1) is 15.3. The van der Waals surface area contributed by atoms with Crippen LogP contribution in [0.3, 0.4) is 0 Å². The van der Waals surface area contributed by atoms with Gasteiger partial charge in [-0.2, -0.15) is 0 Å². The molecule has 1 aromatic carbocycles. The summed E-state index contributed by atoms with van der Waals surface area (Å²) in [7, 11) is 0. The summed E-state index contributed by atoms with van der Waals surface area (Å²) in [5.74, 6) is -0.875. The molecule has 6 nitrogen and oxygen atoms in total. The van der Waals surface area contributed by atoms with Crippen molar-refractivity contribution in [2.75, 3.05) is 13.1 Å². The molecule has 1 heterocycles. The van der Waals surface area contributed by atoms with Crippen LogP contribution in [0.25, 0.3) is 0 Å². The maximum absolute atomic E-state index is 11.9. The number of hydrogen-bond donors (Lipinski definition) is 2. The molecule has 0 saturated carbocycles. The smallest absolute Gasteiger partial charge is 0.410 e. The van der Waals surface area contributed by atoms with Gasteiger partial charge in [0.25, 0.3) is 0 Å². The van der Waals surface area contributed by atoms with E-state index < -0.39 is 12.0 Å². The number of ether oxygens (including phenoxy) is 1. The van der Waals surface area contributed by atoms with Crippen molar-refractivity contribution in [1.29, 1.82) is 0 Å². The summed E-state index contributed by atoms with van der Waals surface area (Å²) in [5.41, 5.74) is 6.46. The van der Waals surface area contributed by atoms with Crippen molar-refractivity contribution >= 4 is 12.1 Å². The van der Waals surface area contributed by atoms with E-state index in [1.54, 1.807) is 4.90 Å². The second-order valence-electron chi connectivity index (χ2n) is 5.32. The highest BCUT2D eigenvalue weighted by Gasteiger charge is 2.29. The number of carboxylic acids is 1. The van der Waals surface area contributed by atoms with Gasteiger partial charge in [0.1, 0.15) is 12.6 Å². The van der Waals surface area contributed by atoms with Crippen LogP contribution < -0.4 is 5.73 Å². The molecule has 0 radical (unpaired) electrons. The summed E-state index contributed by atoms with van der Waals surface area (Å²) in [4.78, 5) is 24.3. The Hall–Kier alpha value is -2.08. The van der Waals surface area contributed by atoms with Gasteiger partial charge in [-0.05, 0) is 24.3 Å². The molecular weight excluding hydrogens is 272 g/mol. The number of carbonyl (C=O) groups excluding carboxylic acids is 1. The van der Waals surface area contributed by atoms with Gasteiger partial charge in [-0.3, -0.25) is 4.79 Å². The molecule has 0 spiro atoms. The lowest BCUT2D eigenvalue weighted by Gasteiger charge is -2.17. The third-order valence-electron chi connectivity index (χ3n) is 3.65.